The molecule has 17 heavy (non-hydrogen) atoms. The number of hydrogen-bond acceptors (Lipinski definition) is 5. The predicted molar refractivity (Wildman–Crippen MR) is 68.9 cm³/mol. The fourth-order valence-corrected chi connectivity index (χ4v) is 7.84. The second-order valence-electron chi connectivity index (χ2n) is 5.43. The number of hydrogen-bond donors (Lipinski definition) is 2. The summed E-state index contributed by atoms with van der Waals surface area (Å²) in [6.07, 6.45) is 0. The van der Waals surface area contributed by atoms with Crippen molar-refractivity contribution in [1.29, 1.82) is 0 Å². The SMILES string of the molecule is CC(C)(C)OP(=O)(O)SP(=O)(O)OC(C)(C)C. The van der Waals surface area contributed by atoms with Gasteiger partial charge < -0.3 is 9.79 Å². The van der Waals surface area contributed by atoms with Crippen molar-refractivity contribution in [3.63, 3.8) is 0 Å². The third-order valence-corrected chi connectivity index (χ3v) is 8.35. The minimum Gasteiger partial charge on any atom is -0.316 e. The van der Waals surface area contributed by atoms with E-state index in [0.29, 0.717) is 0 Å². The van der Waals surface area contributed by atoms with E-state index in [0.717, 1.165) is 0 Å². The third kappa shape index (κ3) is 10.3. The van der Waals surface area contributed by atoms with Crippen LogP contribution < -0.4 is 0 Å². The van der Waals surface area contributed by atoms with Gasteiger partial charge in [0.25, 0.3) is 0 Å². The summed E-state index contributed by atoms with van der Waals surface area (Å²) in [5, 5.41) is 0. The highest BCUT2D eigenvalue weighted by atomic mass is 33.1. The second kappa shape index (κ2) is 5.33. The van der Waals surface area contributed by atoms with Gasteiger partial charge in [-0.25, -0.2) is 9.13 Å². The van der Waals surface area contributed by atoms with Crippen molar-refractivity contribution in [3.05, 3.63) is 0 Å². The van der Waals surface area contributed by atoms with E-state index in [-0.39, 0.29) is 11.0 Å². The fourth-order valence-electron chi connectivity index (χ4n) is 0.856. The van der Waals surface area contributed by atoms with Crippen molar-refractivity contribution in [2.24, 2.45) is 0 Å². The first-order valence-electron chi connectivity index (χ1n) is 4.90. The van der Waals surface area contributed by atoms with Crippen molar-refractivity contribution < 1.29 is 28.0 Å². The average Bonchev–Trinajstić information content (AvgIpc) is 1.65. The molecule has 0 aromatic carbocycles. The third-order valence-electron chi connectivity index (χ3n) is 0.985. The monoisotopic (exact) mass is 306 g/mol. The molecule has 0 aromatic rings. The van der Waals surface area contributed by atoms with E-state index in [1.54, 1.807) is 41.5 Å². The molecule has 0 rings (SSSR count). The van der Waals surface area contributed by atoms with E-state index in [4.69, 9.17) is 9.05 Å². The first kappa shape index (κ1) is 17.6. The molecule has 0 aliphatic carbocycles. The Labute approximate surface area is 106 Å². The summed E-state index contributed by atoms with van der Waals surface area (Å²) in [6.45, 7) is 0.950. The molecule has 0 saturated carbocycles. The second-order valence-corrected chi connectivity index (χ2v) is 12.6. The largest absolute Gasteiger partial charge is 0.398 e. The van der Waals surface area contributed by atoms with Gasteiger partial charge in [0.2, 0.25) is 0 Å². The molecule has 0 saturated heterocycles. The summed E-state index contributed by atoms with van der Waals surface area (Å²) in [5.74, 6) is 0. The highest BCUT2D eigenvalue weighted by molar-refractivity contribution is 8.84. The van der Waals surface area contributed by atoms with E-state index < -0.39 is 24.8 Å². The van der Waals surface area contributed by atoms with E-state index in [2.05, 4.69) is 0 Å². The zero-order valence-electron chi connectivity index (χ0n) is 10.8. The molecule has 2 N–H and O–H groups in total. The summed E-state index contributed by atoms with van der Waals surface area (Å²) in [6, 6.07) is 0. The summed E-state index contributed by atoms with van der Waals surface area (Å²) in [4.78, 5) is 18.9. The van der Waals surface area contributed by atoms with Crippen LogP contribution in [0.4, 0.5) is 0 Å². The maximum absolute atomic E-state index is 11.6. The van der Waals surface area contributed by atoms with Crippen molar-refractivity contribution >= 4 is 24.6 Å². The molecule has 0 amide bonds. The Morgan fingerprint density at radius 1 is 0.824 bits per heavy atom. The fraction of sp³-hybridized carbons (Fsp3) is 1.00. The maximum atomic E-state index is 11.6. The molecule has 0 heterocycles. The van der Waals surface area contributed by atoms with E-state index >= 15 is 0 Å². The lowest BCUT2D eigenvalue weighted by Gasteiger charge is -2.26. The van der Waals surface area contributed by atoms with Crippen LogP contribution in [0.1, 0.15) is 41.5 Å². The van der Waals surface area contributed by atoms with Crippen molar-refractivity contribution in [1.82, 2.24) is 0 Å². The zero-order chi connectivity index (χ0) is 14.1. The normalized spacial score (nSPS) is 20.7. The van der Waals surface area contributed by atoms with E-state index in [1.165, 1.54) is 0 Å². The number of rotatable bonds is 4. The highest BCUT2D eigenvalue weighted by Crippen LogP contribution is 2.76. The Bertz CT molecular complexity index is 322. The van der Waals surface area contributed by atoms with Gasteiger partial charge in [0.1, 0.15) is 0 Å². The van der Waals surface area contributed by atoms with Gasteiger partial charge in [0, 0.05) is 0 Å². The van der Waals surface area contributed by atoms with Crippen LogP contribution >= 0.6 is 24.6 Å². The first-order chi connectivity index (χ1) is 7.12. The molecule has 0 aliphatic heterocycles. The smallest absolute Gasteiger partial charge is 0.316 e. The van der Waals surface area contributed by atoms with Gasteiger partial charge >= 0.3 is 13.6 Å². The highest BCUT2D eigenvalue weighted by Gasteiger charge is 2.40. The average molecular weight is 306 g/mol. The summed E-state index contributed by atoms with van der Waals surface area (Å²) in [7, 11) is 0. The lowest BCUT2D eigenvalue weighted by Crippen LogP contribution is -2.18. The molecule has 0 aliphatic rings. The Morgan fingerprint density at radius 3 is 1.24 bits per heavy atom. The van der Waals surface area contributed by atoms with Crippen LogP contribution in [-0.2, 0) is 18.2 Å². The Morgan fingerprint density at radius 2 is 1.06 bits per heavy atom. The molecule has 0 radical (unpaired) electrons. The van der Waals surface area contributed by atoms with Gasteiger partial charge in [-0.15, -0.1) is 0 Å². The summed E-state index contributed by atoms with van der Waals surface area (Å²) >= 11 is -0.0643. The van der Waals surface area contributed by atoms with Crippen LogP contribution in [0.25, 0.3) is 0 Å². The van der Waals surface area contributed by atoms with E-state index in [9.17, 15) is 18.9 Å². The summed E-state index contributed by atoms with van der Waals surface area (Å²) < 4.78 is 32.9. The Kier molecular flexibility index (Phi) is 5.54. The molecule has 6 nitrogen and oxygen atoms in total. The lowest BCUT2D eigenvalue weighted by molar-refractivity contribution is 0.118. The molecule has 0 bridgehead atoms. The molecule has 0 aromatic heterocycles. The van der Waals surface area contributed by atoms with E-state index in [1.807, 2.05) is 0 Å². The molecule has 0 fully saturated rings. The molecule has 9 heteroatoms. The minimum atomic E-state index is -4.24. The van der Waals surface area contributed by atoms with Gasteiger partial charge in [-0.2, -0.15) is 0 Å². The van der Waals surface area contributed by atoms with Crippen LogP contribution in [0.5, 0.6) is 0 Å². The van der Waals surface area contributed by atoms with Crippen LogP contribution in [0.15, 0.2) is 0 Å². The van der Waals surface area contributed by atoms with Crippen molar-refractivity contribution in [3.8, 4) is 0 Å². The van der Waals surface area contributed by atoms with Gasteiger partial charge in [-0.1, -0.05) is 0 Å². The minimum absolute atomic E-state index is 0.0643. The van der Waals surface area contributed by atoms with Gasteiger partial charge in [-0.3, -0.25) is 9.05 Å². The summed E-state index contributed by atoms with van der Waals surface area (Å²) in [5.41, 5.74) is -1.78. The van der Waals surface area contributed by atoms with Crippen LogP contribution in [0, 0.1) is 0 Å². The zero-order valence-corrected chi connectivity index (χ0v) is 13.4. The van der Waals surface area contributed by atoms with Gasteiger partial charge in [-0.05, 0) is 41.5 Å². The quantitative estimate of drug-likeness (QED) is 0.767. The van der Waals surface area contributed by atoms with Crippen LogP contribution in [0.3, 0.4) is 0 Å². The molecular formula is C8H20O6P2S. The lowest BCUT2D eigenvalue weighted by atomic mass is 10.2. The molecule has 104 valence electrons. The van der Waals surface area contributed by atoms with Crippen LogP contribution in [-0.4, -0.2) is 21.0 Å². The maximum Gasteiger partial charge on any atom is 0.398 e. The predicted octanol–water partition coefficient (Wildman–Crippen LogP) is 3.55. The molecular weight excluding hydrogens is 286 g/mol. The topological polar surface area (TPSA) is 93.1 Å². The molecule has 2 atom stereocenters. The molecule has 2 unspecified atom stereocenters. The van der Waals surface area contributed by atoms with Gasteiger partial charge in [0.05, 0.1) is 22.2 Å². The molecule has 0 spiro atoms. The first-order valence-corrected chi connectivity index (χ1v) is 10.1. The Balaban J connectivity index is 4.72. The van der Waals surface area contributed by atoms with Gasteiger partial charge in [0.15, 0.2) is 0 Å². The van der Waals surface area contributed by atoms with Crippen molar-refractivity contribution in [2.45, 2.75) is 52.7 Å². The standard InChI is InChI=1S/C8H20O6P2S/c1-7(2,3)13-15(9,10)17-16(11,12)14-8(4,5)6/h1-6H3,(H,9,10)(H,11,12). The Hall–Kier alpha value is 0.650. The van der Waals surface area contributed by atoms with Crippen molar-refractivity contribution in [2.75, 3.05) is 0 Å². The van der Waals surface area contributed by atoms with Crippen LogP contribution in [0.2, 0.25) is 0 Å².